The van der Waals surface area contributed by atoms with Gasteiger partial charge in [-0.3, -0.25) is 0 Å². The molecule has 138 valence electrons. The molecule has 0 radical (unpaired) electrons. The predicted octanol–water partition coefficient (Wildman–Crippen LogP) is 3.88. The molecule has 0 aliphatic carbocycles. The number of carboxylic acid groups (broad SMARTS) is 1. The lowest BCUT2D eigenvalue weighted by molar-refractivity contribution is 0.0698. The lowest BCUT2D eigenvalue weighted by Crippen LogP contribution is -2.53. The maximum Gasteiger partial charge on any atom is 0.338 e. The molecule has 3 heterocycles. The summed E-state index contributed by atoms with van der Waals surface area (Å²) in [5.74, 6) is -0.667. The lowest BCUT2D eigenvalue weighted by Gasteiger charge is -2.42. The molecule has 2 unspecified atom stereocenters. The minimum Gasteiger partial charge on any atom is -0.478 e. The van der Waals surface area contributed by atoms with E-state index in [1.165, 1.54) is 6.07 Å². The zero-order valence-corrected chi connectivity index (χ0v) is 15.8. The lowest BCUT2D eigenvalue weighted by atomic mass is 9.78. The standard InChI is InChI=1S/C19H22FN3O2S/c1-19(2,3)16-15-9(4-5-21-16)6-13(26-15)17-22-12-8-10(20)7-11(18(24)25)14(12)23-17/h6-9,15-16,21H,4-5H2,1-3H3,(H,22,23)(H,24,25)/t9?,15?,16-/m0/s1. The molecule has 0 saturated carbocycles. The van der Waals surface area contributed by atoms with E-state index >= 15 is 0 Å². The SMILES string of the molecule is CC(C)(C)[C@H]1NCCC2C=C(c3nc4c(C(=O)O)cc(F)cc4[nH]3)SC21. The van der Waals surface area contributed by atoms with Crippen molar-refractivity contribution in [2.24, 2.45) is 11.3 Å². The number of aromatic carboxylic acids is 1. The first kappa shape index (κ1) is 17.5. The normalized spacial score (nSPS) is 26.0. The Hall–Kier alpha value is -1.86. The Morgan fingerprint density at radius 1 is 1.38 bits per heavy atom. The largest absolute Gasteiger partial charge is 0.478 e. The highest BCUT2D eigenvalue weighted by molar-refractivity contribution is 8.09. The molecule has 26 heavy (non-hydrogen) atoms. The van der Waals surface area contributed by atoms with E-state index in [1.54, 1.807) is 11.8 Å². The summed E-state index contributed by atoms with van der Waals surface area (Å²) in [6.07, 6.45) is 3.31. The van der Waals surface area contributed by atoms with Crippen LogP contribution in [0.4, 0.5) is 4.39 Å². The number of carbonyl (C=O) groups is 1. The average Bonchev–Trinajstić information content (AvgIpc) is 3.15. The highest BCUT2D eigenvalue weighted by Crippen LogP contribution is 2.48. The number of hydrogen-bond acceptors (Lipinski definition) is 4. The molecule has 3 atom stereocenters. The number of imidazole rings is 1. The number of aromatic nitrogens is 2. The summed E-state index contributed by atoms with van der Waals surface area (Å²) in [5, 5.41) is 13.4. The molecule has 1 aromatic heterocycles. The van der Waals surface area contributed by atoms with E-state index in [4.69, 9.17) is 0 Å². The van der Waals surface area contributed by atoms with Crippen molar-refractivity contribution in [3.05, 3.63) is 35.4 Å². The maximum absolute atomic E-state index is 13.7. The van der Waals surface area contributed by atoms with Gasteiger partial charge in [-0.25, -0.2) is 14.2 Å². The number of rotatable bonds is 2. The van der Waals surface area contributed by atoms with Gasteiger partial charge in [0.2, 0.25) is 0 Å². The van der Waals surface area contributed by atoms with Crippen molar-refractivity contribution in [2.75, 3.05) is 6.54 Å². The van der Waals surface area contributed by atoms with Crippen molar-refractivity contribution in [3.8, 4) is 0 Å². The predicted molar refractivity (Wildman–Crippen MR) is 102 cm³/mol. The fraction of sp³-hybridized carbons (Fsp3) is 0.474. The first-order valence-electron chi connectivity index (χ1n) is 8.79. The Labute approximate surface area is 155 Å². The van der Waals surface area contributed by atoms with Crippen LogP contribution in [-0.4, -0.2) is 38.9 Å². The number of nitrogens with one attached hydrogen (secondary N) is 2. The molecule has 0 spiro atoms. The molecule has 1 aromatic carbocycles. The van der Waals surface area contributed by atoms with Gasteiger partial charge in [0.15, 0.2) is 0 Å². The fourth-order valence-electron chi connectivity index (χ4n) is 3.94. The second kappa shape index (κ2) is 6.09. The Kier molecular flexibility index (Phi) is 4.11. The smallest absolute Gasteiger partial charge is 0.338 e. The van der Waals surface area contributed by atoms with Gasteiger partial charge in [0.25, 0.3) is 0 Å². The molecule has 2 aromatic rings. The molecule has 0 amide bonds. The van der Waals surface area contributed by atoms with Crippen LogP contribution in [0.15, 0.2) is 18.2 Å². The van der Waals surface area contributed by atoms with Gasteiger partial charge in [0.1, 0.15) is 17.2 Å². The van der Waals surface area contributed by atoms with Crippen LogP contribution in [0, 0.1) is 17.2 Å². The number of hydrogen-bond donors (Lipinski definition) is 3. The molecule has 5 nitrogen and oxygen atoms in total. The summed E-state index contributed by atoms with van der Waals surface area (Å²) in [7, 11) is 0. The van der Waals surface area contributed by atoms with Crippen molar-refractivity contribution in [1.82, 2.24) is 15.3 Å². The molecule has 0 bridgehead atoms. The van der Waals surface area contributed by atoms with Gasteiger partial charge in [0, 0.05) is 16.2 Å². The summed E-state index contributed by atoms with van der Waals surface area (Å²) in [4.78, 5) is 20.0. The molecule has 1 fully saturated rings. The van der Waals surface area contributed by atoms with Crippen molar-refractivity contribution in [3.63, 3.8) is 0 Å². The second-order valence-electron chi connectivity index (χ2n) is 8.10. The van der Waals surface area contributed by atoms with Gasteiger partial charge < -0.3 is 15.4 Å². The van der Waals surface area contributed by atoms with Gasteiger partial charge in [-0.2, -0.15) is 0 Å². The van der Waals surface area contributed by atoms with Gasteiger partial charge in [-0.1, -0.05) is 26.8 Å². The number of fused-ring (bicyclic) bond motifs is 2. The molecule has 1 saturated heterocycles. The van der Waals surface area contributed by atoms with Crippen molar-refractivity contribution < 1.29 is 14.3 Å². The van der Waals surface area contributed by atoms with Crippen LogP contribution in [0.5, 0.6) is 0 Å². The minimum atomic E-state index is -1.17. The number of H-pyrrole nitrogens is 1. The third-order valence-corrected chi connectivity index (χ3v) is 6.65. The Bertz CT molecular complexity index is 915. The molecular formula is C19H22FN3O2S. The Balaban J connectivity index is 1.71. The number of piperidine rings is 1. The number of benzene rings is 1. The topological polar surface area (TPSA) is 78.0 Å². The first-order valence-corrected chi connectivity index (χ1v) is 9.67. The number of aromatic amines is 1. The number of allylic oxidation sites excluding steroid dienone is 1. The molecular weight excluding hydrogens is 353 g/mol. The van der Waals surface area contributed by atoms with Gasteiger partial charge >= 0.3 is 5.97 Å². The first-order chi connectivity index (χ1) is 12.2. The highest BCUT2D eigenvalue weighted by Gasteiger charge is 2.43. The summed E-state index contributed by atoms with van der Waals surface area (Å²) in [6.45, 7) is 7.72. The van der Waals surface area contributed by atoms with E-state index < -0.39 is 11.8 Å². The van der Waals surface area contributed by atoms with Crippen molar-refractivity contribution >= 4 is 33.7 Å². The van der Waals surface area contributed by atoms with E-state index in [0.29, 0.717) is 34.1 Å². The average molecular weight is 375 g/mol. The van der Waals surface area contributed by atoms with Gasteiger partial charge in [-0.15, -0.1) is 11.8 Å². The zero-order valence-electron chi connectivity index (χ0n) is 15.0. The quantitative estimate of drug-likeness (QED) is 0.742. The van der Waals surface area contributed by atoms with Crippen LogP contribution in [0.25, 0.3) is 15.9 Å². The van der Waals surface area contributed by atoms with Gasteiger partial charge in [-0.05, 0) is 36.4 Å². The summed E-state index contributed by atoms with van der Waals surface area (Å²) < 4.78 is 13.7. The van der Waals surface area contributed by atoms with E-state index in [0.717, 1.165) is 23.9 Å². The highest BCUT2D eigenvalue weighted by atomic mass is 32.2. The van der Waals surface area contributed by atoms with E-state index in [-0.39, 0.29) is 11.0 Å². The summed E-state index contributed by atoms with van der Waals surface area (Å²) in [5.41, 5.74) is 0.750. The van der Waals surface area contributed by atoms with Crippen molar-refractivity contribution in [1.29, 1.82) is 0 Å². The molecule has 4 rings (SSSR count). The number of halogens is 1. The monoisotopic (exact) mass is 375 g/mol. The Morgan fingerprint density at radius 3 is 2.85 bits per heavy atom. The van der Waals surface area contributed by atoms with Crippen LogP contribution in [-0.2, 0) is 0 Å². The van der Waals surface area contributed by atoms with E-state index in [2.05, 4.69) is 42.1 Å². The van der Waals surface area contributed by atoms with Crippen LogP contribution in [0.3, 0.4) is 0 Å². The van der Waals surface area contributed by atoms with Crippen LogP contribution in [0.1, 0.15) is 43.4 Å². The molecule has 7 heteroatoms. The van der Waals surface area contributed by atoms with E-state index in [9.17, 15) is 14.3 Å². The number of thioether (sulfide) groups is 1. The summed E-state index contributed by atoms with van der Waals surface area (Å²) >= 11 is 1.78. The van der Waals surface area contributed by atoms with E-state index in [1.807, 2.05) is 0 Å². The molecule has 2 aliphatic rings. The third kappa shape index (κ3) is 2.93. The van der Waals surface area contributed by atoms with Crippen LogP contribution in [0.2, 0.25) is 0 Å². The fourth-order valence-corrected chi connectivity index (χ4v) is 5.73. The summed E-state index contributed by atoms with van der Waals surface area (Å²) in [6, 6.07) is 2.70. The van der Waals surface area contributed by atoms with Crippen LogP contribution >= 0.6 is 11.8 Å². The zero-order chi connectivity index (χ0) is 18.6. The minimum absolute atomic E-state index is 0.113. The number of carboxylic acids is 1. The molecule has 2 aliphatic heterocycles. The van der Waals surface area contributed by atoms with Crippen molar-refractivity contribution in [2.45, 2.75) is 38.5 Å². The van der Waals surface area contributed by atoms with Crippen LogP contribution < -0.4 is 5.32 Å². The second-order valence-corrected chi connectivity index (χ2v) is 9.32. The number of nitrogens with zero attached hydrogens (tertiary/aromatic N) is 1. The maximum atomic E-state index is 13.7. The third-order valence-electron chi connectivity index (χ3n) is 5.17. The Morgan fingerprint density at radius 2 is 2.15 bits per heavy atom. The molecule has 3 N–H and O–H groups in total. The van der Waals surface area contributed by atoms with Gasteiger partial charge in [0.05, 0.1) is 11.1 Å².